The summed E-state index contributed by atoms with van der Waals surface area (Å²) in [5, 5.41) is 24.1. The minimum Gasteiger partial charge on any atom is -0.498 e. The number of nitrogens with one attached hydrogen (secondary N) is 3. The van der Waals surface area contributed by atoms with Gasteiger partial charge in [-0.05, 0) is 112 Å². The highest BCUT2D eigenvalue weighted by Gasteiger charge is 2.34. The fraction of sp³-hybridized carbons (Fsp3) is 0.613. The van der Waals surface area contributed by atoms with Crippen LogP contribution in [0.5, 0.6) is 5.75 Å². The number of hydrogen-bond donors (Lipinski definition) is 4. The van der Waals surface area contributed by atoms with Gasteiger partial charge in [0.05, 0.1) is 25.9 Å². The average molecular weight is 526 g/mol. The van der Waals surface area contributed by atoms with Crippen LogP contribution in [0.4, 0.5) is 5.69 Å². The molecule has 1 aromatic rings. The number of methoxy groups -OCH3 is 1. The highest BCUT2D eigenvalue weighted by Crippen LogP contribution is 2.43. The highest BCUT2D eigenvalue weighted by molar-refractivity contribution is 5.72. The summed E-state index contributed by atoms with van der Waals surface area (Å²) < 4.78 is 11.7. The SMILES string of the molecule is CCCC(CCNc1cc(OC)ccc1C1CCNCC1)CO/C(C)=C/C(=C\C=N)C(CC(=O)O)C1CC1. The molecule has 1 aliphatic heterocycles. The van der Waals surface area contributed by atoms with Crippen LogP contribution in [0.25, 0.3) is 0 Å². The monoisotopic (exact) mass is 525 g/mol. The zero-order valence-electron chi connectivity index (χ0n) is 23.4. The number of carboxylic acids is 1. The van der Waals surface area contributed by atoms with E-state index in [4.69, 9.17) is 14.9 Å². The van der Waals surface area contributed by atoms with Crippen LogP contribution in [-0.2, 0) is 9.53 Å². The van der Waals surface area contributed by atoms with E-state index in [1.54, 1.807) is 13.2 Å². The van der Waals surface area contributed by atoms with Crippen molar-refractivity contribution in [3.05, 3.63) is 47.2 Å². The first kappa shape index (κ1) is 29.8. The average Bonchev–Trinajstić information content (AvgIpc) is 3.76. The second kappa shape index (κ2) is 15.6. The lowest BCUT2D eigenvalue weighted by atomic mass is 9.89. The van der Waals surface area contributed by atoms with Gasteiger partial charge in [-0.25, -0.2) is 0 Å². The molecule has 38 heavy (non-hydrogen) atoms. The summed E-state index contributed by atoms with van der Waals surface area (Å²) in [6.07, 6.45) is 12.6. The van der Waals surface area contributed by atoms with Gasteiger partial charge in [0, 0.05) is 24.5 Å². The number of ether oxygens (including phenoxy) is 2. The molecule has 2 atom stereocenters. The fourth-order valence-electron chi connectivity index (χ4n) is 5.58. The van der Waals surface area contributed by atoms with Crippen molar-refractivity contribution in [1.82, 2.24) is 5.32 Å². The maximum Gasteiger partial charge on any atom is 0.303 e. The number of hydrogen-bond acceptors (Lipinski definition) is 6. The van der Waals surface area contributed by atoms with Crippen LogP contribution in [0.1, 0.15) is 76.7 Å². The minimum absolute atomic E-state index is 0.0553. The van der Waals surface area contributed by atoms with Gasteiger partial charge in [-0.1, -0.05) is 19.4 Å². The third-order valence-corrected chi connectivity index (χ3v) is 7.81. The Hall–Kier alpha value is -2.80. The molecule has 2 fully saturated rings. The maximum atomic E-state index is 11.4. The Labute approximate surface area is 228 Å². The van der Waals surface area contributed by atoms with E-state index in [1.807, 2.05) is 13.0 Å². The van der Waals surface area contributed by atoms with Crippen molar-refractivity contribution in [2.45, 2.75) is 71.1 Å². The molecule has 0 aromatic heterocycles. The Kier molecular flexibility index (Phi) is 12.2. The van der Waals surface area contributed by atoms with E-state index in [9.17, 15) is 9.90 Å². The quantitative estimate of drug-likeness (QED) is 0.107. The van der Waals surface area contributed by atoms with Gasteiger partial charge in [-0.2, -0.15) is 0 Å². The van der Waals surface area contributed by atoms with Gasteiger partial charge in [0.25, 0.3) is 0 Å². The summed E-state index contributed by atoms with van der Waals surface area (Å²) in [6, 6.07) is 6.41. The van der Waals surface area contributed by atoms with Gasteiger partial charge < -0.3 is 30.6 Å². The van der Waals surface area contributed by atoms with Crippen LogP contribution < -0.4 is 15.4 Å². The first-order valence-electron chi connectivity index (χ1n) is 14.3. The third-order valence-electron chi connectivity index (χ3n) is 7.81. The molecule has 210 valence electrons. The molecule has 4 N–H and O–H groups in total. The molecule has 1 aliphatic carbocycles. The molecule has 0 spiro atoms. The smallest absolute Gasteiger partial charge is 0.303 e. The predicted octanol–water partition coefficient (Wildman–Crippen LogP) is 6.38. The van der Waals surface area contributed by atoms with Gasteiger partial charge >= 0.3 is 5.97 Å². The number of piperidine rings is 1. The zero-order valence-corrected chi connectivity index (χ0v) is 23.4. The summed E-state index contributed by atoms with van der Waals surface area (Å²) in [4.78, 5) is 11.4. The number of rotatable bonds is 17. The number of aliphatic carboxylic acids is 1. The summed E-state index contributed by atoms with van der Waals surface area (Å²) >= 11 is 0. The van der Waals surface area contributed by atoms with Crippen LogP contribution in [0.3, 0.4) is 0 Å². The Morgan fingerprint density at radius 3 is 2.63 bits per heavy atom. The lowest BCUT2D eigenvalue weighted by Crippen LogP contribution is -2.27. The number of carboxylic acid groups (broad SMARTS) is 1. The topological polar surface area (TPSA) is 104 Å². The van der Waals surface area contributed by atoms with E-state index < -0.39 is 5.97 Å². The van der Waals surface area contributed by atoms with Gasteiger partial charge in [0.2, 0.25) is 0 Å². The summed E-state index contributed by atoms with van der Waals surface area (Å²) in [5.74, 6) is 2.18. The summed E-state index contributed by atoms with van der Waals surface area (Å²) in [7, 11) is 1.71. The maximum absolute atomic E-state index is 11.4. The van der Waals surface area contributed by atoms with Crippen molar-refractivity contribution in [2.24, 2.45) is 17.8 Å². The van der Waals surface area contributed by atoms with Crippen LogP contribution in [0.2, 0.25) is 0 Å². The van der Waals surface area contributed by atoms with Gasteiger partial charge in [-0.3, -0.25) is 4.79 Å². The predicted molar refractivity (Wildman–Crippen MR) is 154 cm³/mol. The Balaban J connectivity index is 1.59. The largest absolute Gasteiger partial charge is 0.498 e. The van der Waals surface area contributed by atoms with Crippen molar-refractivity contribution < 1.29 is 19.4 Å². The first-order chi connectivity index (χ1) is 18.4. The lowest BCUT2D eigenvalue weighted by molar-refractivity contribution is -0.137. The van der Waals surface area contributed by atoms with Gasteiger partial charge in [-0.15, -0.1) is 0 Å². The molecule has 7 heteroatoms. The second-order valence-corrected chi connectivity index (χ2v) is 10.8. The van der Waals surface area contributed by atoms with Crippen molar-refractivity contribution in [3.63, 3.8) is 0 Å². The molecule has 2 unspecified atom stereocenters. The molecule has 0 amide bonds. The standard InChI is InChI=1S/C31H47N3O4/c1-4-5-23(21-38-22(2)18-26(10-14-32)29(20-31(35)36)24-6-7-24)11-17-34-30-19-27(37-3)8-9-28(30)25-12-15-33-16-13-25/h8-10,14,18-19,23-25,29,32-34H,4-7,11-13,15-17,20-21H2,1-3H3,(H,35,36)/b22-18+,26-10+,32-14?. The van der Waals surface area contributed by atoms with Gasteiger partial charge in [0.1, 0.15) is 5.75 Å². The van der Waals surface area contributed by atoms with E-state index in [1.165, 1.54) is 17.5 Å². The number of anilines is 1. The molecule has 0 bridgehead atoms. The van der Waals surface area contributed by atoms with Crippen molar-refractivity contribution in [1.29, 1.82) is 5.41 Å². The van der Waals surface area contributed by atoms with E-state index in [0.717, 1.165) is 81.7 Å². The Morgan fingerprint density at radius 2 is 2.00 bits per heavy atom. The molecule has 7 nitrogen and oxygen atoms in total. The summed E-state index contributed by atoms with van der Waals surface area (Å²) in [5.41, 5.74) is 3.44. The number of benzene rings is 1. The van der Waals surface area contributed by atoms with Crippen molar-refractivity contribution in [3.8, 4) is 5.75 Å². The number of carbonyl (C=O) groups is 1. The molecule has 1 saturated carbocycles. The van der Waals surface area contributed by atoms with Gasteiger partial charge in [0.15, 0.2) is 0 Å². The van der Waals surface area contributed by atoms with Crippen LogP contribution in [-0.4, -0.2) is 50.6 Å². The second-order valence-electron chi connectivity index (χ2n) is 10.8. The van der Waals surface area contributed by atoms with E-state index in [0.29, 0.717) is 24.4 Å². The molecule has 1 aromatic carbocycles. The van der Waals surface area contributed by atoms with E-state index in [2.05, 4.69) is 35.8 Å². The molecular weight excluding hydrogens is 478 g/mol. The molecule has 1 heterocycles. The fourth-order valence-corrected chi connectivity index (χ4v) is 5.58. The van der Waals surface area contributed by atoms with Crippen LogP contribution >= 0.6 is 0 Å². The lowest BCUT2D eigenvalue weighted by Gasteiger charge is -2.26. The number of allylic oxidation sites excluding steroid dienone is 4. The zero-order chi connectivity index (χ0) is 27.3. The minimum atomic E-state index is -0.792. The molecule has 1 saturated heterocycles. The Bertz CT molecular complexity index is 964. The third kappa shape index (κ3) is 9.50. The molecule has 3 rings (SSSR count). The van der Waals surface area contributed by atoms with Crippen molar-refractivity contribution >= 4 is 17.9 Å². The normalized spacial score (nSPS) is 18.5. The summed E-state index contributed by atoms with van der Waals surface area (Å²) in [6.45, 7) is 7.76. The molecular formula is C31H47N3O4. The van der Waals surface area contributed by atoms with E-state index >= 15 is 0 Å². The van der Waals surface area contributed by atoms with E-state index in [-0.39, 0.29) is 12.3 Å². The highest BCUT2D eigenvalue weighted by atomic mass is 16.5. The van der Waals surface area contributed by atoms with Crippen LogP contribution in [0.15, 0.2) is 41.7 Å². The van der Waals surface area contributed by atoms with Crippen LogP contribution in [0, 0.1) is 23.2 Å². The first-order valence-corrected chi connectivity index (χ1v) is 14.3. The molecule has 0 radical (unpaired) electrons. The molecule has 2 aliphatic rings. The Morgan fingerprint density at radius 1 is 1.24 bits per heavy atom. The van der Waals surface area contributed by atoms with Crippen molar-refractivity contribution in [2.75, 3.05) is 38.7 Å².